The van der Waals surface area contributed by atoms with Crippen molar-refractivity contribution >= 4 is 41.7 Å². The van der Waals surface area contributed by atoms with E-state index >= 15 is 0 Å². The molecule has 214 valence electrons. The molecule has 0 aliphatic carbocycles. The van der Waals surface area contributed by atoms with E-state index in [0.717, 1.165) is 48.7 Å². The highest BCUT2D eigenvalue weighted by Gasteiger charge is 2.63. The summed E-state index contributed by atoms with van der Waals surface area (Å²) >= 11 is 0. The van der Waals surface area contributed by atoms with E-state index in [1.165, 1.54) is 6.92 Å². The van der Waals surface area contributed by atoms with Gasteiger partial charge in [-0.15, -0.1) is 0 Å². The second kappa shape index (κ2) is 13.7. The van der Waals surface area contributed by atoms with Crippen LogP contribution in [-0.2, 0) is 66.7 Å². The van der Waals surface area contributed by atoms with Crippen LogP contribution in [-0.4, -0.2) is 97.6 Å². The lowest BCUT2D eigenvalue weighted by Crippen LogP contribution is -2.76. The molecular weight excluding hydrogens is 514 g/mol. The van der Waals surface area contributed by atoms with Gasteiger partial charge in [-0.2, -0.15) is 0 Å². The molecule has 15 heteroatoms. The van der Waals surface area contributed by atoms with Crippen LogP contribution in [0, 0.1) is 0 Å². The van der Waals surface area contributed by atoms with Crippen molar-refractivity contribution in [1.29, 1.82) is 0 Å². The van der Waals surface area contributed by atoms with Crippen LogP contribution in [0.25, 0.3) is 0 Å². The Morgan fingerprint density at radius 3 is 1.74 bits per heavy atom. The fourth-order valence-corrected chi connectivity index (χ4v) is 4.07. The third kappa shape index (κ3) is 8.68. The Balaban J connectivity index is 3.93. The molecule has 7 atom stereocenters. The first kappa shape index (κ1) is 32.3. The van der Waals surface area contributed by atoms with Crippen LogP contribution < -0.4 is 5.32 Å². The van der Waals surface area contributed by atoms with Crippen molar-refractivity contribution in [3.8, 4) is 0 Å². The number of amides is 1. The van der Waals surface area contributed by atoms with Gasteiger partial charge in [-0.25, -0.2) is 4.79 Å². The van der Waals surface area contributed by atoms with Gasteiger partial charge in [-0.3, -0.25) is 28.8 Å². The smallest absolute Gasteiger partial charge is 0.339 e. The lowest BCUT2D eigenvalue weighted by molar-refractivity contribution is -0.277. The second-order valence-corrected chi connectivity index (χ2v) is 8.55. The molecule has 0 aromatic heterocycles. The lowest BCUT2D eigenvalue weighted by atomic mass is 9.77. The SMILES string of the molecule is COC(=O)[C@H]1O[C@@](C)([C@H](OC(C)=O)[C@@H](COC(C)=O)OC(C)=O)[C@H](NC(C)=O)[C@@H](OC(C)=O)[C@@H]1OC(C)=O. The molecular formula is C23H33NO14. The quantitative estimate of drug-likeness (QED) is 0.261. The van der Waals surface area contributed by atoms with E-state index in [-0.39, 0.29) is 0 Å². The zero-order valence-corrected chi connectivity index (χ0v) is 22.4. The zero-order chi connectivity index (χ0) is 29.4. The topological polar surface area (TPSA) is 196 Å². The first-order valence-electron chi connectivity index (χ1n) is 11.4. The molecule has 1 aliphatic rings. The average Bonchev–Trinajstić information content (AvgIpc) is 2.77. The molecule has 0 saturated carbocycles. The van der Waals surface area contributed by atoms with Crippen LogP contribution in [0.5, 0.6) is 0 Å². The summed E-state index contributed by atoms with van der Waals surface area (Å²) in [5.41, 5.74) is -2.06. The predicted octanol–water partition coefficient (Wildman–Crippen LogP) is -0.888. The molecule has 1 rings (SSSR count). The third-order valence-electron chi connectivity index (χ3n) is 5.31. The molecule has 1 heterocycles. The summed E-state index contributed by atoms with van der Waals surface area (Å²) in [6, 6.07) is -1.49. The molecule has 38 heavy (non-hydrogen) atoms. The molecule has 1 aliphatic heterocycles. The van der Waals surface area contributed by atoms with Crippen LogP contribution in [0.4, 0.5) is 0 Å². The highest BCUT2D eigenvalue weighted by molar-refractivity contribution is 5.78. The van der Waals surface area contributed by atoms with Crippen LogP contribution in [0.2, 0.25) is 0 Å². The van der Waals surface area contributed by atoms with E-state index in [1.54, 1.807) is 0 Å². The van der Waals surface area contributed by atoms with Gasteiger partial charge >= 0.3 is 35.8 Å². The highest BCUT2D eigenvalue weighted by Crippen LogP contribution is 2.39. The third-order valence-corrected chi connectivity index (χ3v) is 5.31. The minimum absolute atomic E-state index is 0.632. The number of hydrogen-bond acceptors (Lipinski definition) is 14. The molecule has 1 fully saturated rings. The van der Waals surface area contributed by atoms with Crippen molar-refractivity contribution in [1.82, 2.24) is 5.32 Å². The van der Waals surface area contributed by atoms with Crippen LogP contribution >= 0.6 is 0 Å². The first-order valence-corrected chi connectivity index (χ1v) is 11.4. The van der Waals surface area contributed by atoms with Crippen molar-refractivity contribution in [3.63, 3.8) is 0 Å². The molecule has 0 spiro atoms. The van der Waals surface area contributed by atoms with E-state index in [2.05, 4.69) is 5.32 Å². The van der Waals surface area contributed by atoms with E-state index in [0.29, 0.717) is 0 Å². The van der Waals surface area contributed by atoms with Gasteiger partial charge in [0.1, 0.15) is 18.2 Å². The Morgan fingerprint density at radius 1 is 0.789 bits per heavy atom. The Labute approximate surface area is 218 Å². The second-order valence-electron chi connectivity index (χ2n) is 8.55. The van der Waals surface area contributed by atoms with Gasteiger partial charge in [0.25, 0.3) is 0 Å². The minimum Gasteiger partial charge on any atom is -0.467 e. The Kier molecular flexibility index (Phi) is 11.6. The Morgan fingerprint density at radius 2 is 1.32 bits per heavy atom. The maximum atomic E-state index is 12.8. The monoisotopic (exact) mass is 547 g/mol. The van der Waals surface area contributed by atoms with Crippen molar-refractivity contribution in [2.24, 2.45) is 0 Å². The number of nitrogens with one attached hydrogen (secondary N) is 1. The maximum Gasteiger partial charge on any atom is 0.339 e. The largest absolute Gasteiger partial charge is 0.467 e. The van der Waals surface area contributed by atoms with Crippen molar-refractivity contribution in [2.75, 3.05) is 13.7 Å². The summed E-state index contributed by atoms with van der Waals surface area (Å²) in [5.74, 6) is -6.10. The first-order chi connectivity index (χ1) is 17.5. The van der Waals surface area contributed by atoms with E-state index in [1.807, 2.05) is 0 Å². The average molecular weight is 548 g/mol. The van der Waals surface area contributed by atoms with E-state index in [9.17, 15) is 33.6 Å². The summed E-state index contributed by atoms with van der Waals surface area (Å²) in [4.78, 5) is 84.7. The molecule has 0 unspecified atom stereocenters. The molecule has 1 N–H and O–H groups in total. The van der Waals surface area contributed by atoms with Crippen LogP contribution in [0.3, 0.4) is 0 Å². The van der Waals surface area contributed by atoms with Gasteiger partial charge < -0.3 is 38.5 Å². The van der Waals surface area contributed by atoms with Crippen LogP contribution in [0.15, 0.2) is 0 Å². The summed E-state index contributed by atoms with van der Waals surface area (Å²) in [5, 5.41) is 2.51. The Bertz CT molecular complexity index is 928. The number of carbonyl (C=O) groups excluding carboxylic acids is 7. The number of carbonyl (C=O) groups is 7. The molecule has 0 aromatic rings. The standard InChI is InChI=1S/C23H33NO14/c1-10(25)24-20-18(36-14(5)29)17(35-13(4)28)19(22(31)32-8)38-23(20,7)21(37-15(6)30)16(34-12(3)27)9-33-11(2)26/h16-21H,9H2,1-8H3,(H,24,25)/t16-,17+,18+,19+,20-,21-,23-/m1/s1. The highest BCUT2D eigenvalue weighted by atomic mass is 16.7. The molecule has 1 amide bonds. The van der Waals surface area contributed by atoms with E-state index in [4.69, 9.17) is 33.2 Å². The maximum absolute atomic E-state index is 12.8. The van der Waals surface area contributed by atoms with E-state index < -0.39 is 90.5 Å². The van der Waals surface area contributed by atoms with Gasteiger partial charge in [0.2, 0.25) is 5.91 Å². The molecule has 0 bridgehead atoms. The van der Waals surface area contributed by atoms with Gasteiger partial charge in [-0.05, 0) is 6.92 Å². The summed E-state index contributed by atoms with van der Waals surface area (Å²) in [7, 11) is 1.01. The number of hydrogen-bond donors (Lipinski definition) is 1. The molecule has 15 nitrogen and oxygen atoms in total. The number of methoxy groups -OCH3 is 1. The fraction of sp³-hybridized carbons (Fsp3) is 0.696. The van der Waals surface area contributed by atoms with Crippen molar-refractivity contribution in [2.45, 2.75) is 90.6 Å². The van der Waals surface area contributed by atoms with Gasteiger partial charge in [0.15, 0.2) is 30.5 Å². The Hall–Kier alpha value is -3.75. The molecule has 0 radical (unpaired) electrons. The minimum atomic E-state index is -2.06. The predicted molar refractivity (Wildman–Crippen MR) is 122 cm³/mol. The number of rotatable bonds is 10. The summed E-state index contributed by atoms with van der Waals surface area (Å²) in [6.45, 7) is 6.94. The summed E-state index contributed by atoms with van der Waals surface area (Å²) in [6.07, 6.45) is -8.25. The lowest BCUT2D eigenvalue weighted by Gasteiger charge is -2.53. The van der Waals surface area contributed by atoms with Crippen LogP contribution in [0.1, 0.15) is 48.5 Å². The zero-order valence-electron chi connectivity index (χ0n) is 22.4. The fourth-order valence-electron chi connectivity index (χ4n) is 4.07. The van der Waals surface area contributed by atoms with Gasteiger partial charge in [0, 0.05) is 41.5 Å². The van der Waals surface area contributed by atoms with Gasteiger partial charge in [-0.1, -0.05) is 0 Å². The van der Waals surface area contributed by atoms with Gasteiger partial charge in [0.05, 0.1) is 7.11 Å². The molecule has 1 saturated heterocycles. The molecule has 0 aromatic carbocycles. The number of esters is 6. The normalized spacial score (nSPS) is 26.0. The van der Waals surface area contributed by atoms with Crippen molar-refractivity contribution < 1.29 is 66.7 Å². The summed E-state index contributed by atoms with van der Waals surface area (Å²) < 4.78 is 37.2. The van der Waals surface area contributed by atoms with Crippen molar-refractivity contribution in [3.05, 3.63) is 0 Å². The number of ether oxygens (including phenoxy) is 7.